The molecule has 0 aromatic heterocycles. The topological polar surface area (TPSA) is 69.6 Å². The summed E-state index contributed by atoms with van der Waals surface area (Å²) >= 11 is 0. The van der Waals surface area contributed by atoms with Crippen molar-refractivity contribution in [3.8, 4) is 0 Å². The summed E-state index contributed by atoms with van der Waals surface area (Å²) in [7, 11) is 0. The lowest BCUT2D eigenvalue weighted by molar-refractivity contribution is -0.139. The summed E-state index contributed by atoms with van der Waals surface area (Å²) in [5, 5.41) is 11.7. The standard InChI is InChI=1S/C13H26N2O3.ClH/c1-5-8-15(9-12(16)17)11(4)13(18)14-7-6-10(2)3;/h10-11H,5-9H2,1-4H3,(H,14,18)(H,16,17);1H. The van der Waals surface area contributed by atoms with Crippen LogP contribution in [0.1, 0.15) is 40.5 Å². The van der Waals surface area contributed by atoms with Gasteiger partial charge in [0, 0.05) is 6.54 Å². The number of carboxylic acid groups (broad SMARTS) is 1. The van der Waals surface area contributed by atoms with Crippen LogP contribution in [0.5, 0.6) is 0 Å². The summed E-state index contributed by atoms with van der Waals surface area (Å²) in [5.74, 6) is -0.443. The Morgan fingerprint density at radius 2 is 1.84 bits per heavy atom. The number of carboxylic acids is 1. The van der Waals surface area contributed by atoms with Crippen molar-refractivity contribution in [2.45, 2.75) is 46.6 Å². The number of carbonyl (C=O) groups is 2. The molecule has 0 aliphatic carbocycles. The molecule has 1 atom stereocenters. The fourth-order valence-electron chi connectivity index (χ4n) is 1.67. The largest absolute Gasteiger partial charge is 0.480 e. The van der Waals surface area contributed by atoms with Crippen LogP contribution in [-0.4, -0.2) is 47.6 Å². The third kappa shape index (κ3) is 9.73. The van der Waals surface area contributed by atoms with Crippen LogP contribution in [0.3, 0.4) is 0 Å². The van der Waals surface area contributed by atoms with Crippen LogP contribution in [0.15, 0.2) is 0 Å². The van der Waals surface area contributed by atoms with Gasteiger partial charge in [0.05, 0.1) is 12.6 Å². The van der Waals surface area contributed by atoms with Crippen LogP contribution in [0.4, 0.5) is 0 Å². The van der Waals surface area contributed by atoms with E-state index in [1.807, 2.05) is 6.92 Å². The first kappa shape index (κ1) is 20.5. The Kier molecular flexibility index (Phi) is 11.9. The first-order chi connectivity index (χ1) is 8.38. The van der Waals surface area contributed by atoms with Crippen molar-refractivity contribution in [2.24, 2.45) is 5.92 Å². The molecule has 0 radical (unpaired) electrons. The lowest BCUT2D eigenvalue weighted by Gasteiger charge is -2.26. The van der Waals surface area contributed by atoms with E-state index in [0.717, 1.165) is 12.8 Å². The molecule has 0 spiro atoms. The number of nitrogens with zero attached hydrogens (tertiary/aromatic N) is 1. The quantitative estimate of drug-likeness (QED) is 0.680. The molecule has 6 heteroatoms. The molecule has 1 unspecified atom stereocenters. The molecule has 1 amide bonds. The van der Waals surface area contributed by atoms with Gasteiger partial charge in [-0.1, -0.05) is 20.8 Å². The number of hydrogen-bond donors (Lipinski definition) is 2. The molecule has 0 aromatic rings. The molecule has 0 bridgehead atoms. The van der Waals surface area contributed by atoms with Crippen molar-refractivity contribution < 1.29 is 14.7 Å². The predicted octanol–water partition coefficient (Wildman–Crippen LogP) is 1.76. The van der Waals surface area contributed by atoms with Gasteiger partial charge in [0.1, 0.15) is 0 Å². The van der Waals surface area contributed by atoms with E-state index in [2.05, 4.69) is 19.2 Å². The highest BCUT2D eigenvalue weighted by Gasteiger charge is 2.22. The molecule has 0 rings (SSSR count). The van der Waals surface area contributed by atoms with Gasteiger partial charge < -0.3 is 10.4 Å². The van der Waals surface area contributed by atoms with E-state index < -0.39 is 12.0 Å². The molecular weight excluding hydrogens is 268 g/mol. The number of amides is 1. The van der Waals surface area contributed by atoms with Crippen molar-refractivity contribution in [3.63, 3.8) is 0 Å². The molecule has 0 saturated carbocycles. The summed E-state index contributed by atoms with van der Waals surface area (Å²) in [6.45, 7) is 9.10. The fourth-order valence-corrected chi connectivity index (χ4v) is 1.67. The van der Waals surface area contributed by atoms with Crippen LogP contribution in [0.2, 0.25) is 0 Å². The second-order valence-corrected chi connectivity index (χ2v) is 5.01. The van der Waals surface area contributed by atoms with Gasteiger partial charge in [0.25, 0.3) is 0 Å². The molecule has 0 heterocycles. The average Bonchev–Trinajstić information content (AvgIpc) is 2.26. The summed E-state index contributed by atoms with van der Waals surface area (Å²) in [5.41, 5.74) is 0. The van der Waals surface area contributed by atoms with Crippen molar-refractivity contribution >= 4 is 24.3 Å². The van der Waals surface area contributed by atoms with Crippen LogP contribution in [0, 0.1) is 5.92 Å². The van der Waals surface area contributed by atoms with E-state index in [4.69, 9.17) is 5.11 Å². The highest BCUT2D eigenvalue weighted by molar-refractivity contribution is 5.85. The van der Waals surface area contributed by atoms with Crippen molar-refractivity contribution in [1.82, 2.24) is 10.2 Å². The zero-order valence-electron chi connectivity index (χ0n) is 12.3. The van der Waals surface area contributed by atoms with Crippen molar-refractivity contribution in [2.75, 3.05) is 19.6 Å². The Balaban J connectivity index is 0. The Morgan fingerprint density at radius 1 is 1.26 bits per heavy atom. The number of hydrogen-bond acceptors (Lipinski definition) is 3. The first-order valence-electron chi connectivity index (χ1n) is 6.62. The van der Waals surface area contributed by atoms with E-state index in [9.17, 15) is 9.59 Å². The molecule has 0 fully saturated rings. The number of rotatable bonds is 9. The van der Waals surface area contributed by atoms with Crippen LogP contribution in [0.25, 0.3) is 0 Å². The summed E-state index contributed by atoms with van der Waals surface area (Å²) < 4.78 is 0. The maximum atomic E-state index is 11.9. The van der Waals surface area contributed by atoms with E-state index in [0.29, 0.717) is 19.0 Å². The third-order valence-electron chi connectivity index (χ3n) is 2.80. The Bertz CT molecular complexity index is 273. The van der Waals surface area contributed by atoms with Gasteiger partial charge >= 0.3 is 5.97 Å². The highest BCUT2D eigenvalue weighted by Crippen LogP contribution is 2.02. The van der Waals surface area contributed by atoms with Crippen LogP contribution < -0.4 is 5.32 Å². The molecule has 114 valence electrons. The summed E-state index contributed by atoms with van der Waals surface area (Å²) in [4.78, 5) is 24.3. The van der Waals surface area contributed by atoms with Crippen molar-refractivity contribution in [3.05, 3.63) is 0 Å². The maximum Gasteiger partial charge on any atom is 0.317 e. The maximum absolute atomic E-state index is 11.9. The van der Waals surface area contributed by atoms with E-state index in [1.54, 1.807) is 11.8 Å². The zero-order chi connectivity index (χ0) is 14.1. The molecule has 5 nitrogen and oxygen atoms in total. The smallest absolute Gasteiger partial charge is 0.317 e. The highest BCUT2D eigenvalue weighted by atomic mass is 35.5. The molecule has 0 aliphatic rings. The minimum absolute atomic E-state index is 0. The molecule has 0 aromatic carbocycles. The number of carbonyl (C=O) groups excluding carboxylic acids is 1. The summed E-state index contributed by atoms with van der Waals surface area (Å²) in [6.07, 6.45) is 1.77. The minimum atomic E-state index is -0.898. The van der Waals surface area contributed by atoms with E-state index in [-0.39, 0.29) is 24.9 Å². The normalized spacial score (nSPS) is 12.1. The van der Waals surface area contributed by atoms with E-state index >= 15 is 0 Å². The SMILES string of the molecule is CCCN(CC(=O)O)C(C)C(=O)NCCC(C)C.Cl. The Hall–Kier alpha value is -0.810. The number of aliphatic carboxylic acids is 1. The molecule has 2 N–H and O–H groups in total. The number of nitrogens with one attached hydrogen (secondary N) is 1. The van der Waals surface area contributed by atoms with Crippen molar-refractivity contribution in [1.29, 1.82) is 0 Å². The first-order valence-corrected chi connectivity index (χ1v) is 6.62. The van der Waals surface area contributed by atoms with Crippen LogP contribution >= 0.6 is 12.4 Å². The third-order valence-corrected chi connectivity index (χ3v) is 2.80. The lowest BCUT2D eigenvalue weighted by atomic mass is 10.1. The van der Waals surface area contributed by atoms with Gasteiger partial charge in [-0.05, 0) is 32.2 Å². The van der Waals surface area contributed by atoms with Gasteiger partial charge in [0.15, 0.2) is 0 Å². The molecule has 0 saturated heterocycles. The lowest BCUT2D eigenvalue weighted by Crippen LogP contribution is -2.47. The Labute approximate surface area is 122 Å². The van der Waals surface area contributed by atoms with Gasteiger partial charge in [-0.15, -0.1) is 12.4 Å². The monoisotopic (exact) mass is 294 g/mol. The average molecular weight is 295 g/mol. The predicted molar refractivity (Wildman–Crippen MR) is 78.7 cm³/mol. The zero-order valence-corrected chi connectivity index (χ0v) is 13.1. The fraction of sp³-hybridized carbons (Fsp3) is 0.846. The second kappa shape index (κ2) is 11.1. The van der Waals surface area contributed by atoms with E-state index in [1.165, 1.54) is 0 Å². The molecule has 19 heavy (non-hydrogen) atoms. The Morgan fingerprint density at radius 3 is 2.26 bits per heavy atom. The summed E-state index contributed by atoms with van der Waals surface area (Å²) in [6, 6.07) is -0.395. The van der Waals surface area contributed by atoms with Gasteiger partial charge in [-0.2, -0.15) is 0 Å². The number of halogens is 1. The molecular formula is C13H27ClN2O3. The van der Waals surface area contributed by atoms with Gasteiger partial charge in [0.2, 0.25) is 5.91 Å². The van der Waals surface area contributed by atoms with Gasteiger partial charge in [-0.25, -0.2) is 0 Å². The molecule has 0 aliphatic heterocycles. The van der Waals surface area contributed by atoms with Gasteiger partial charge in [-0.3, -0.25) is 14.5 Å². The minimum Gasteiger partial charge on any atom is -0.480 e. The second-order valence-electron chi connectivity index (χ2n) is 5.01. The van der Waals surface area contributed by atoms with Crippen LogP contribution in [-0.2, 0) is 9.59 Å².